The maximum atomic E-state index is 11.2. The summed E-state index contributed by atoms with van der Waals surface area (Å²) in [6.45, 7) is 5.26. The van der Waals surface area contributed by atoms with E-state index in [1.54, 1.807) is 20.8 Å². The van der Waals surface area contributed by atoms with Crippen molar-refractivity contribution in [3.8, 4) is 0 Å². The summed E-state index contributed by atoms with van der Waals surface area (Å²) in [7, 11) is 0. The average Bonchev–Trinajstić information content (AvgIpc) is 1.99. The zero-order chi connectivity index (χ0) is 12.1. The van der Waals surface area contributed by atoms with Crippen molar-refractivity contribution in [3.05, 3.63) is 0 Å². The predicted molar refractivity (Wildman–Crippen MR) is 57.8 cm³/mol. The Morgan fingerprint density at radius 1 is 1.33 bits per heavy atom. The van der Waals surface area contributed by atoms with Crippen LogP contribution in [0.15, 0.2) is 0 Å². The summed E-state index contributed by atoms with van der Waals surface area (Å²) in [6.07, 6.45) is -1.73. The van der Waals surface area contributed by atoms with E-state index in [9.17, 15) is 9.90 Å². The molecule has 0 amide bonds. The Hall–Kier alpha value is -0.320. The third-order valence-electron chi connectivity index (χ3n) is 1.54. The normalized spacial score (nSPS) is 15.9. The van der Waals surface area contributed by atoms with Gasteiger partial charge < -0.3 is 14.9 Å². The summed E-state index contributed by atoms with van der Waals surface area (Å²) >= 11 is 5.36. The first-order valence-corrected chi connectivity index (χ1v) is 5.42. The molecule has 0 aromatic rings. The van der Waals surface area contributed by atoms with Crippen LogP contribution in [0.2, 0.25) is 0 Å². The number of esters is 1. The second kappa shape index (κ2) is 6.30. The molecule has 0 fully saturated rings. The molecular weight excluding hydrogens is 220 g/mol. The first kappa shape index (κ1) is 14.7. The number of carbonyl (C=O) groups excluding carboxylic acids is 1. The van der Waals surface area contributed by atoms with Gasteiger partial charge in [0.1, 0.15) is 5.60 Å². The van der Waals surface area contributed by atoms with Crippen molar-refractivity contribution >= 4 is 17.6 Å². The minimum absolute atomic E-state index is 0.0470. The summed E-state index contributed by atoms with van der Waals surface area (Å²) < 4.78 is 5.01. The number of ether oxygens (including phenoxy) is 1. The minimum Gasteiger partial charge on any atom is -0.460 e. The van der Waals surface area contributed by atoms with Crippen molar-refractivity contribution in [1.29, 1.82) is 0 Å². The molecular formula is C10H19ClO4. The van der Waals surface area contributed by atoms with E-state index in [2.05, 4.69) is 0 Å². The van der Waals surface area contributed by atoms with E-state index in [4.69, 9.17) is 21.4 Å². The van der Waals surface area contributed by atoms with Crippen LogP contribution in [0, 0.1) is 0 Å². The van der Waals surface area contributed by atoms with Crippen LogP contribution in [0.5, 0.6) is 0 Å². The number of rotatable bonds is 5. The molecule has 0 aliphatic carbocycles. The molecule has 90 valence electrons. The summed E-state index contributed by atoms with van der Waals surface area (Å²) in [6, 6.07) is 0. The fourth-order valence-corrected chi connectivity index (χ4v) is 1.16. The first-order chi connectivity index (χ1) is 6.74. The van der Waals surface area contributed by atoms with Gasteiger partial charge in [0, 0.05) is 12.3 Å². The smallest absolute Gasteiger partial charge is 0.308 e. The molecule has 0 unspecified atom stereocenters. The fourth-order valence-electron chi connectivity index (χ4n) is 1.04. The van der Waals surface area contributed by atoms with E-state index >= 15 is 0 Å². The second-order valence-corrected chi connectivity index (χ2v) is 4.80. The van der Waals surface area contributed by atoms with E-state index in [-0.39, 0.29) is 18.7 Å². The van der Waals surface area contributed by atoms with Gasteiger partial charge in [-0.05, 0) is 20.8 Å². The molecule has 0 saturated heterocycles. The molecule has 2 atom stereocenters. The SMILES string of the molecule is CC(C)(C)OC(=O)C[C@H](O)C[C@H](O)CCl. The molecule has 0 aliphatic heterocycles. The molecule has 0 aliphatic rings. The molecule has 0 rings (SSSR count). The standard InChI is InChI=1S/C10H19ClO4/c1-10(2,3)15-9(14)5-7(12)4-8(13)6-11/h7-8,12-13H,4-6H2,1-3H3/t7-,8+/m1/s1. The van der Waals surface area contributed by atoms with Gasteiger partial charge >= 0.3 is 5.97 Å². The van der Waals surface area contributed by atoms with Crippen LogP contribution in [-0.2, 0) is 9.53 Å². The largest absolute Gasteiger partial charge is 0.460 e. The topological polar surface area (TPSA) is 66.8 Å². The highest BCUT2D eigenvalue weighted by Crippen LogP contribution is 2.11. The second-order valence-electron chi connectivity index (χ2n) is 4.49. The summed E-state index contributed by atoms with van der Waals surface area (Å²) in [5.41, 5.74) is -0.554. The van der Waals surface area contributed by atoms with Gasteiger partial charge in [0.05, 0.1) is 18.6 Å². The fraction of sp³-hybridized carbons (Fsp3) is 0.900. The van der Waals surface area contributed by atoms with Crippen LogP contribution in [0.3, 0.4) is 0 Å². The van der Waals surface area contributed by atoms with Crippen LogP contribution >= 0.6 is 11.6 Å². The van der Waals surface area contributed by atoms with Gasteiger partial charge in [-0.15, -0.1) is 11.6 Å². The van der Waals surface area contributed by atoms with Gasteiger partial charge in [-0.25, -0.2) is 0 Å². The van der Waals surface area contributed by atoms with Crippen molar-refractivity contribution in [2.24, 2.45) is 0 Å². The number of halogens is 1. The highest BCUT2D eigenvalue weighted by molar-refractivity contribution is 6.18. The van der Waals surface area contributed by atoms with Gasteiger partial charge in [-0.3, -0.25) is 4.79 Å². The number of aliphatic hydroxyl groups is 2. The third-order valence-corrected chi connectivity index (χ3v) is 1.90. The molecule has 0 aromatic carbocycles. The van der Waals surface area contributed by atoms with Crippen LogP contribution in [0.4, 0.5) is 0 Å². The van der Waals surface area contributed by atoms with Crippen molar-refractivity contribution in [3.63, 3.8) is 0 Å². The molecule has 15 heavy (non-hydrogen) atoms. The molecule has 0 radical (unpaired) electrons. The number of hydrogen-bond acceptors (Lipinski definition) is 4. The van der Waals surface area contributed by atoms with Crippen molar-refractivity contribution in [2.75, 3.05) is 5.88 Å². The molecule has 0 spiro atoms. The number of carbonyl (C=O) groups is 1. The zero-order valence-electron chi connectivity index (χ0n) is 9.36. The Kier molecular flexibility index (Phi) is 6.17. The third kappa shape index (κ3) is 8.66. The van der Waals surface area contributed by atoms with E-state index in [1.165, 1.54) is 0 Å². The van der Waals surface area contributed by atoms with Crippen LogP contribution in [-0.4, -0.2) is 39.9 Å². The lowest BCUT2D eigenvalue weighted by Gasteiger charge is -2.21. The predicted octanol–water partition coefficient (Wildman–Crippen LogP) is 1.07. The van der Waals surface area contributed by atoms with Gasteiger partial charge in [-0.1, -0.05) is 0 Å². The Morgan fingerprint density at radius 2 is 1.87 bits per heavy atom. The van der Waals surface area contributed by atoms with Gasteiger partial charge in [0.15, 0.2) is 0 Å². The Bertz CT molecular complexity index is 200. The number of hydrogen-bond donors (Lipinski definition) is 2. The maximum Gasteiger partial charge on any atom is 0.308 e. The highest BCUT2D eigenvalue weighted by atomic mass is 35.5. The van der Waals surface area contributed by atoms with E-state index in [1.807, 2.05) is 0 Å². The van der Waals surface area contributed by atoms with E-state index in [0.29, 0.717) is 0 Å². The lowest BCUT2D eigenvalue weighted by atomic mass is 10.1. The van der Waals surface area contributed by atoms with E-state index < -0.39 is 23.8 Å². The molecule has 0 saturated carbocycles. The molecule has 0 heterocycles. The van der Waals surface area contributed by atoms with Gasteiger partial charge in [0.2, 0.25) is 0 Å². The highest BCUT2D eigenvalue weighted by Gasteiger charge is 2.20. The van der Waals surface area contributed by atoms with Crippen LogP contribution in [0.25, 0.3) is 0 Å². The molecule has 0 bridgehead atoms. The number of alkyl halides is 1. The summed E-state index contributed by atoms with van der Waals surface area (Å²) in [4.78, 5) is 11.2. The monoisotopic (exact) mass is 238 g/mol. The van der Waals surface area contributed by atoms with E-state index in [0.717, 1.165) is 0 Å². The molecule has 5 heteroatoms. The van der Waals surface area contributed by atoms with Gasteiger partial charge in [0.25, 0.3) is 0 Å². The molecule has 4 nitrogen and oxygen atoms in total. The Balaban J connectivity index is 3.87. The van der Waals surface area contributed by atoms with Crippen molar-refractivity contribution < 1.29 is 19.7 Å². The molecule has 2 N–H and O–H groups in total. The van der Waals surface area contributed by atoms with Crippen molar-refractivity contribution in [1.82, 2.24) is 0 Å². The Labute approximate surface area is 95.2 Å². The Morgan fingerprint density at radius 3 is 2.27 bits per heavy atom. The van der Waals surface area contributed by atoms with Crippen LogP contribution in [0.1, 0.15) is 33.6 Å². The number of aliphatic hydroxyl groups excluding tert-OH is 2. The average molecular weight is 239 g/mol. The van der Waals surface area contributed by atoms with Crippen molar-refractivity contribution in [2.45, 2.75) is 51.4 Å². The maximum absolute atomic E-state index is 11.2. The zero-order valence-corrected chi connectivity index (χ0v) is 10.1. The molecule has 0 aromatic heterocycles. The van der Waals surface area contributed by atoms with Gasteiger partial charge in [-0.2, -0.15) is 0 Å². The lowest BCUT2D eigenvalue weighted by Crippen LogP contribution is -2.28. The quantitative estimate of drug-likeness (QED) is 0.556. The van der Waals surface area contributed by atoms with Crippen LogP contribution < -0.4 is 0 Å². The minimum atomic E-state index is -0.909. The first-order valence-electron chi connectivity index (χ1n) is 4.88. The summed E-state index contributed by atoms with van der Waals surface area (Å²) in [5.74, 6) is -0.428. The lowest BCUT2D eigenvalue weighted by molar-refractivity contribution is -0.157. The summed E-state index contributed by atoms with van der Waals surface area (Å²) in [5, 5.41) is 18.5.